The van der Waals surface area contributed by atoms with Crippen LogP contribution in [0, 0.1) is 18.3 Å². The Balaban J connectivity index is 2.59. The van der Waals surface area contributed by atoms with Crippen LogP contribution in [0.5, 0.6) is 0 Å². The maximum absolute atomic E-state index is 12.5. The Kier molecular flexibility index (Phi) is 2.83. The summed E-state index contributed by atoms with van der Waals surface area (Å²) in [6.45, 7) is 1.51. The van der Waals surface area contributed by atoms with Crippen LogP contribution < -0.4 is 0 Å². The molecule has 0 N–H and O–H groups in total. The zero-order valence-electron chi connectivity index (χ0n) is 9.36. The summed E-state index contributed by atoms with van der Waals surface area (Å²) >= 11 is 0. The number of aromatic nitrogens is 2. The van der Waals surface area contributed by atoms with E-state index in [0.717, 1.165) is 10.7 Å². The van der Waals surface area contributed by atoms with Crippen LogP contribution in [0.15, 0.2) is 30.3 Å². The highest BCUT2D eigenvalue weighted by Gasteiger charge is 2.34. The summed E-state index contributed by atoms with van der Waals surface area (Å²) in [5, 5.41) is 12.4. The van der Waals surface area contributed by atoms with E-state index >= 15 is 0 Å². The lowest BCUT2D eigenvalue weighted by Gasteiger charge is -2.06. The number of benzene rings is 1. The molecule has 0 radical (unpaired) electrons. The number of aryl methyl sites for hydroxylation is 1. The molecule has 0 spiro atoms. The van der Waals surface area contributed by atoms with E-state index in [4.69, 9.17) is 5.26 Å². The van der Waals surface area contributed by atoms with Gasteiger partial charge in [0, 0.05) is 5.69 Å². The van der Waals surface area contributed by atoms with Gasteiger partial charge in [-0.15, -0.1) is 0 Å². The lowest BCUT2D eigenvalue weighted by atomic mass is 10.2. The molecule has 0 amide bonds. The van der Waals surface area contributed by atoms with Crippen LogP contribution in [-0.4, -0.2) is 9.78 Å². The zero-order valence-corrected chi connectivity index (χ0v) is 9.36. The molecule has 0 aliphatic carbocycles. The van der Waals surface area contributed by atoms with Gasteiger partial charge in [-0.3, -0.25) is 0 Å². The molecule has 1 aromatic carbocycles. The van der Waals surface area contributed by atoms with Crippen LogP contribution in [0.1, 0.15) is 17.0 Å². The van der Waals surface area contributed by atoms with Gasteiger partial charge in [0.15, 0.2) is 5.69 Å². The van der Waals surface area contributed by atoms with Gasteiger partial charge in [-0.2, -0.15) is 23.5 Å². The molecule has 0 fully saturated rings. The Morgan fingerprint density at radius 3 is 2.50 bits per heavy atom. The number of hydrogen-bond acceptors (Lipinski definition) is 2. The summed E-state index contributed by atoms with van der Waals surface area (Å²) in [5.41, 5.74) is -0.0248. The molecule has 92 valence electrons. The van der Waals surface area contributed by atoms with Gasteiger partial charge in [0.1, 0.15) is 6.07 Å². The van der Waals surface area contributed by atoms with Crippen LogP contribution in [0.2, 0.25) is 0 Å². The van der Waals surface area contributed by atoms with Crippen molar-refractivity contribution >= 4 is 0 Å². The molecule has 0 atom stereocenters. The first kappa shape index (κ1) is 12.2. The van der Waals surface area contributed by atoms with Crippen LogP contribution in [0.25, 0.3) is 5.69 Å². The van der Waals surface area contributed by atoms with Gasteiger partial charge in [0.05, 0.1) is 11.3 Å². The van der Waals surface area contributed by atoms with Crippen molar-refractivity contribution in [3.05, 3.63) is 47.3 Å². The maximum Gasteiger partial charge on any atom is 0.435 e. The highest BCUT2D eigenvalue weighted by Crippen LogP contribution is 2.29. The predicted octanol–water partition coefficient (Wildman–Crippen LogP) is 3.07. The maximum atomic E-state index is 12.5. The van der Waals surface area contributed by atoms with Gasteiger partial charge in [-0.05, 0) is 25.1 Å². The van der Waals surface area contributed by atoms with Crippen molar-refractivity contribution in [2.75, 3.05) is 0 Å². The highest BCUT2D eigenvalue weighted by molar-refractivity contribution is 5.49. The predicted molar refractivity (Wildman–Crippen MR) is 58.0 cm³/mol. The van der Waals surface area contributed by atoms with Crippen molar-refractivity contribution in [2.45, 2.75) is 13.1 Å². The molecule has 0 aliphatic rings. The zero-order chi connectivity index (χ0) is 13.3. The minimum Gasteiger partial charge on any atom is -0.236 e. The number of hydrogen-bond donors (Lipinski definition) is 0. The van der Waals surface area contributed by atoms with Crippen molar-refractivity contribution in [3.63, 3.8) is 0 Å². The van der Waals surface area contributed by atoms with Gasteiger partial charge >= 0.3 is 6.18 Å². The molecule has 6 heteroatoms. The van der Waals surface area contributed by atoms with Crippen molar-refractivity contribution < 1.29 is 13.2 Å². The monoisotopic (exact) mass is 251 g/mol. The second kappa shape index (κ2) is 4.18. The minimum atomic E-state index is -4.49. The molecule has 0 saturated carbocycles. The molecule has 0 unspecified atom stereocenters. The molecule has 2 aromatic rings. The Morgan fingerprint density at radius 2 is 1.94 bits per heavy atom. The number of alkyl halides is 3. The Morgan fingerprint density at radius 1 is 1.28 bits per heavy atom. The average Bonchev–Trinajstić information content (AvgIpc) is 2.71. The van der Waals surface area contributed by atoms with E-state index in [-0.39, 0.29) is 5.56 Å². The normalized spacial score (nSPS) is 11.3. The van der Waals surface area contributed by atoms with Gasteiger partial charge in [-0.25, -0.2) is 4.68 Å². The van der Waals surface area contributed by atoms with Crippen LogP contribution in [-0.2, 0) is 6.18 Å². The standard InChI is InChI=1S/C12H8F3N3/c1-8-6-11(12(13,14)15)17-18(8)10-5-3-2-4-9(10)7-16/h2-6H,1H3. The number of rotatable bonds is 1. The van der Waals surface area contributed by atoms with E-state index in [2.05, 4.69) is 5.10 Å². The molecule has 1 heterocycles. The molecule has 2 rings (SSSR count). The summed E-state index contributed by atoms with van der Waals surface area (Å²) in [4.78, 5) is 0. The second-order valence-electron chi connectivity index (χ2n) is 3.71. The number of para-hydroxylation sites is 1. The van der Waals surface area contributed by atoms with E-state index in [0.29, 0.717) is 11.4 Å². The Hall–Kier alpha value is -2.29. The second-order valence-corrected chi connectivity index (χ2v) is 3.71. The van der Waals surface area contributed by atoms with Crippen molar-refractivity contribution in [1.82, 2.24) is 9.78 Å². The van der Waals surface area contributed by atoms with Crippen LogP contribution >= 0.6 is 0 Å². The Labute approximate surface area is 101 Å². The third-order valence-corrected chi connectivity index (χ3v) is 2.43. The first-order valence-electron chi connectivity index (χ1n) is 5.07. The van der Waals surface area contributed by atoms with Crippen molar-refractivity contribution in [1.29, 1.82) is 5.26 Å². The largest absolute Gasteiger partial charge is 0.435 e. The number of nitriles is 1. The van der Waals surface area contributed by atoms with Crippen LogP contribution in [0.4, 0.5) is 13.2 Å². The summed E-state index contributed by atoms with van der Waals surface area (Å²) in [6.07, 6.45) is -4.49. The summed E-state index contributed by atoms with van der Waals surface area (Å²) in [7, 11) is 0. The molecule has 3 nitrogen and oxygen atoms in total. The molecule has 0 bridgehead atoms. The van der Waals surface area contributed by atoms with Gasteiger partial charge < -0.3 is 0 Å². The molecular weight excluding hydrogens is 243 g/mol. The van der Waals surface area contributed by atoms with E-state index in [1.165, 1.54) is 13.0 Å². The molecule has 0 aliphatic heterocycles. The van der Waals surface area contributed by atoms with E-state index in [1.54, 1.807) is 18.2 Å². The smallest absolute Gasteiger partial charge is 0.236 e. The van der Waals surface area contributed by atoms with Crippen LogP contribution in [0.3, 0.4) is 0 Å². The quantitative estimate of drug-likeness (QED) is 0.781. The van der Waals surface area contributed by atoms with E-state index in [9.17, 15) is 13.2 Å². The highest BCUT2D eigenvalue weighted by atomic mass is 19.4. The average molecular weight is 251 g/mol. The fourth-order valence-electron chi connectivity index (χ4n) is 1.61. The van der Waals surface area contributed by atoms with Gasteiger partial charge in [-0.1, -0.05) is 12.1 Å². The summed E-state index contributed by atoms with van der Waals surface area (Å²) in [5.74, 6) is 0. The lowest BCUT2D eigenvalue weighted by molar-refractivity contribution is -0.141. The fourth-order valence-corrected chi connectivity index (χ4v) is 1.61. The van der Waals surface area contributed by atoms with Gasteiger partial charge in [0.25, 0.3) is 0 Å². The SMILES string of the molecule is Cc1cc(C(F)(F)F)nn1-c1ccccc1C#N. The molecular formula is C12H8F3N3. The summed E-state index contributed by atoms with van der Waals surface area (Å²) in [6, 6.07) is 9.25. The third-order valence-electron chi connectivity index (χ3n) is 2.43. The summed E-state index contributed by atoms with van der Waals surface area (Å²) < 4.78 is 38.7. The number of nitrogens with zero attached hydrogens (tertiary/aromatic N) is 3. The first-order chi connectivity index (χ1) is 8.43. The van der Waals surface area contributed by atoms with E-state index < -0.39 is 11.9 Å². The molecule has 18 heavy (non-hydrogen) atoms. The van der Waals surface area contributed by atoms with Gasteiger partial charge in [0.2, 0.25) is 0 Å². The first-order valence-corrected chi connectivity index (χ1v) is 5.07. The van der Waals surface area contributed by atoms with E-state index in [1.807, 2.05) is 6.07 Å². The Bertz CT molecular complexity index is 620. The third kappa shape index (κ3) is 2.07. The fraction of sp³-hybridized carbons (Fsp3) is 0.167. The lowest BCUT2D eigenvalue weighted by Crippen LogP contribution is -2.08. The minimum absolute atomic E-state index is 0.275. The molecule has 0 saturated heterocycles. The number of halogens is 3. The molecule has 1 aromatic heterocycles. The van der Waals surface area contributed by atoms with Crippen molar-refractivity contribution in [2.24, 2.45) is 0 Å². The van der Waals surface area contributed by atoms with Crippen molar-refractivity contribution in [3.8, 4) is 11.8 Å². The topological polar surface area (TPSA) is 41.6 Å².